The van der Waals surface area contributed by atoms with Crippen molar-refractivity contribution in [1.82, 2.24) is 25.1 Å². The zero-order valence-corrected chi connectivity index (χ0v) is 17.1. The van der Waals surface area contributed by atoms with Gasteiger partial charge in [0.1, 0.15) is 0 Å². The minimum Gasteiger partial charge on any atom is -0.459 e. The lowest BCUT2D eigenvalue weighted by atomic mass is 10.0. The Morgan fingerprint density at radius 1 is 1.10 bits per heavy atom. The lowest BCUT2D eigenvalue weighted by molar-refractivity contribution is -0.930. The third-order valence-electron chi connectivity index (χ3n) is 5.35. The number of hydrogen-bond acceptors (Lipinski definition) is 5. The summed E-state index contributed by atoms with van der Waals surface area (Å²) in [6.45, 7) is 9.25. The van der Waals surface area contributed by atoms with E-state index in [9.17, 15) is 4.79 Å². The van der Waals surface area contributed by atoms with E-state index in [1.807, 2.05) is 27.8 Å². The molecule has 0 saturated carbocycles. The first-order valence-corrected chi connectivity index (χ1v) is 9.96. The average Bonchev–Trinajstić information content (AvgIpc) is 3.41. The van der Waals surface area contributed by atoms with E-state index < -0.39 is 0 Å². The summed E-state index contributed by atoms with van der Waals surface area (Å²) in [7, 11) is 0. The van der Waals surface area contributed by atoms with Crippen molar-refractivity contribution >= 4 is 5.91 Å². The van der Waals surface area contributed by atoms with Crippen LogP contribution in [0, 0.1) is 0 Å². The van der Waals surface area contributed by atoms with Crippen molar-refractivity contribution in [3.63, 3.8) is 0 Å². The number of amides is 1. The molecule has 152 valence electrons. The second-order valence-corrected chi connectivity index (χ2v) is 8.39. The van der Waals surface area contributed by atoms with Crippen LogP contribution in [0.2, 0.25) is 0 Å². The second kappa shape index (κ2) is 7.79. The molecule has 0 unspecified atom stereocenters. The van der Waals surface area contributed by atoms with E-state index in [0.29, 0.717) is 18.8 Å². The second-order valence-electron chi connectivity index (χ2n) is 8.39. The summed E-state index contributed by atoms with van der Waals surface area (Å²) in [4.78, 5) is 15.8. The van der Waals surface area contributed by atoms with Gasteiger partial charge in [-0.3, -0.25) is 4.79 Å². The molecule has 1 aliphatic heterocycles. The lowest BCUT2D eigenvalue weighted by Crippen LogP contribution is -3.15. The van der Waals surface area contributed by atoms with Gasteiger partial charge in [-0.15, -0.1) is 5.10 Å². The number of benzene rings is 1. The van der Waals surface area contributed by atoms with Crippen molar-refractivity contribution in [2.45, 2.75) is 32.4 Å². The van der Waals surface area contributed by atoms with Crippen LogP contribution < -0.4 is 4.90 Å². The van der Waals surface area contributed by atoms with Crippen molar-refractivity contribution in [3.05, 3.63) is 65.9 Å². The fraction of sp³-hybridized carbons (Fsp3) is 0.429. The molecule has 1 atom stereocenters. The molecule has 3 aromatic rings. The van der Waals surface area contributed by atoms with E-state index in [-0.39, 0.29) is 17.5 Å². The van der Waals surface area contributed by atoms with E-state index >= 15 is 0 Å². The first-order valence-electron chi connectivity index (χ1n) is 9.96. The number of aromatic nitrogens is 4. The van der Waals surface area contributed by atoms with Crippen molar-refractivity contribution in [1.29, 1.82) is 0 Å². The highest BCUT2D eigenvalue weighted by molar-refractivity contribution is 5.91. The van der Waals surface area contributed by atoms with Crippen LogP contribution >= 0.6 is 0 Å². The van der Waals surface area contributed by atoms with E-state index in [0.717, 1.165) is 18.9 Å². The van der Waals surface area contributed by atoms with E-state index in [2.05, 4.69) is 48.4 Å². The minimum atomic E-state index is -0.220. The van der Waals surface area contributed by atoms with Gasteiger partial charge >= 0.3 is 0 Å². The van der Waals surface area contributed by atoms with Crippen LogP contribution in [0.15, 0.2) is 53.1 Å². The van der Waals surface area contributed by atoms with Gasteiger partial charge in [0.2, 0.25) is 5.82 Å². The molecule has 1 aliphatic rings. The first kappa shape index (κ1) is 19.3. The van der Waals surface area contributed by atoms with Gasteiger partial charge < -0.3 is 14.2 Å². The van der Waals surface area contributed by atoms with Crippen LogP contribution in [-0.2, 0) is 5.54 Å². The molecule has 1 fully saturated rings. The molecule has 4 rings (SSSR count). The number of furan rings is 1. The monoisotopic (exact) mass is 395 g/mol. The molecule has 1 N–H and O–H groups in total. The zero-order chi connectivity index (χ0) is 20.4. The fourth-order valence-electron chi connectivity index (χ4n) is 3.91. The summed E-state index contributed by atoms with van der Waals surface area (Å²) in [5, 5.41) is 12.7. The van der Waals surface area contributed by atoms with Gasteiger partial charge in [0, 0.05) is 5.56 Å². The maximum absolute atomic E-state index is 12.6. The molecule has 29 heavy (non-hydrogen) atoms. The number of tetrazole rings is 1. The summed E-state index contributed by atoms with van der Waals surface area (Å²) < 4.78 is 7.19. The largest absolute Gasteiger partial charge is 0.459 e. The molecular formula is C21H27N6O2+. The summed E-state index contributed by atoms with van der Waals surface area (Å²) in [5.74, 6) is 1.19. The predicted molar refractivity (Wildman–Crippen MR) is 106 cm³/mol. The fourth-order valence-corrected chi connectivity index (χ4v) is 3.91. The van der Waals surface area contributed by atoms with E-state index in [1.165, 1.54) is 16.7 Å². The Hall–Kier alpha value is -3.00. The number of carbonyl (C=O) groups is 1. The number of piperazine rings is 1. The Balaban J connectivity index is 1.59. The van der Waals surface area contributed by atoms with Crippen LogP contribution in [-0.4, -0.2) is 57.2 Å². The maximum Gasteiger partial charge on any atom is 0.289 e. The van der Waals surface area contributed by atoms with Gasteiger partial charge in [0.05, 0.1) is 38.0 Å². The molecule has 0 aliphatic carbocycles. The maximum atomic E-state index is 12.6. The Labute approximate surface area is 170 Å². The van der Waals surface area contributed by atoms with Crippen LogP contribution in [0.25, 0.3) is 0 Å². The summed E-state index contributed by atoms with van der Waals surface area (Å²) in [6.07, 6.45) is 1.53. The van der Waals surface area contributed by atoms with E-state index in [4.69, 9.17) is 4.42 Å². The van der Waals surface area contributed by atoms with Gasteiger partial charge in [0.25, 0.3) is 5.91 Å². The number of quaternary nitrogens is 1. The smallest absolute Gasteiger partial charge is 0.289 e. The Morgan fingerprint density at radius 3 is 2.45 bits per heavy atom. The topological polar surface area (TPSA) is 81.5 Å². The molecular weight excluding hydrogens is 368 g/mol. The summed E-state index contributed by atoms with van der Waals surface area (Å²) >= 11 is 0. The van der Waals surface area contributed by atoms with Gasteiger partial charge in [0.15, 0.2) is 11.8 Å². The minimum absolute atomic E-state index is 0.00582. The normalized spacial score (nSPS) is 16.7. The van der Waals surface area contributed by atoms with Gasteiger partial charge in [-0.2, -0.15) is 0 Å². The third-order valence-corrected chi connectivity index (χ3v) is 5.35. The van der Waals surface area contributed by atoms with Crippen LogP contribution in [0.4, 0.5) is 0 Å². The van der Waals surface area contributed by atoms with Crippen LogP contribution in [0.3, 0.4) is 0 Å². The SMILES string of the molecule is CC(C)(C)n1nnnc1[C@@H](c1ccccc1)[NH+]1CCN(C(=O)c2ccco2)CC1. The molecule has 0 radical (unpaired) electrons. The standard InChI is InChI=1S/C21H26N6O2/c1-21(2,3)27-19(22-23-24-27)18(16-8-5-4-6-9-16)25-11-13-26(14-12-25)20(28)17-10-7-15-29-17/h4-10,15,18H,11-14H2,1-3H3/p+1/t18-/m1/s1. The van der Waals surface area contributed by atoms with Crippen molar-refractivity contribution in [2.75, 3.05) is 26.2 Å². The van der Waals surface area contributed by atoms with E-state index in [1.54, 1.807) is 12.1 Å². The van der Waals surface area contributed by atoms with Gasteiger partial charge in [-0.05, 0) is 43.3 Å². The predicted octanol–water partition coefficient (Wildman–Crippen LogP) is 1.15. The molecule has 0 spiro atoms. The van der Waals surface area contributed by atoms with Crippen molar-refractivity contribution in [2.24, 2.45) is 0 Å². The number of rotatable bonds is 4. The molecule has 3 heterocycles. The van der Waals surface area contributed by atoms with Crippen molar-refractivity contribution < 1.29 is 14.1 Å². The van der Waals surface area contributed by atoms with Gasteiger partial charge in [-0.25, -0.2) is 4.68 Å². The summed E-state index contributed by atoms with van der Waals surface area (Å²) in [6, 6.07) is 13.8. The highest BCUT2D eigenvalue weighted by Gasteiger charge is 2.37. The Bertz CT molecular complexity index is 937. The van der Waals surface area contributed by atoms with Crippen molar-refractivity contribution in [3.8, 4) is 0 Å². The highest BCUT2D eigenvalue weighted by atomic mass is 16.3. The number of carbonyl (C=O) groups excluding carboxylic acids is 1. The Kier molecular flexibility index (Phi) is 5.19. The lowest BCUT2D eigenvalue weighted by Gasteiger charge is -2.36. The molecule has 0 bridgehead atoms. The molecule has 1 amide bonds. The molecule has 1 aromatic carbocycles. The first-order chi connectivity index (χ1) is 13.9. The molecule has 1 saturated heterocycles. The summed E-state index contributed by atoms with van der Waals surface area (Å²) in [5.41, 5.74) is 0.955. The molecule has 2 aromatic heterocycles. The highest BCUT2D eigenvalue weighted by Crippen LogP contribution is 2.22. The van der Waals surface area contributed by atoms with Crippen LogP contribution in [0.5, 0.6) is 0 Å². The van der Waals surface area contributed by atoms with Gasteiger partial charge in [-0.1, -0.05) is 30.3 Å². The quantitative estimate of drug-likeness (QED) is 0.717. The average molecular weight is 395 g/mol. The number of hydrogen-bond donors (Lipinski definition) is 1. The Morgan fingerprint density at radius 2 is 1.83 bits per heavy atom. The zero-order valence-electron chi connectivity index (χ0n) is 17.1. The molecule has 8 heteroatoms. The number of nitrogens with zero attached hydrogens (tertiary/aromatic N) is 5. The number of nitrogens with one attached hydrogen (secondary N) is 1. The third kappa shape index (κ3) is 3.93. The van der Waals surface area contributed by atoms with Crippen LogP contribution in [0.1, 0.15) is 48.8 Å². The molecule has 8 nitrogen and oxygen atoms in total.